The highest BCUT2D eigenvalue weighted by atomic mass is 16.3. The molecule has 94 valence electrons. The lowest BCUT2D eigenvalue weighted by Crippen LogP contribution is -2.47. The van der Waals surface area contributed by atoms with Gasteiger partial charge in [0, 0.05) is 6.04 Å². The molecule has 0 spiro atoms. The molecule has 1 aliphatic carbocycles. The van der Waals surface area contributed by atoms with Crippen molar-refractivity contribution in [3.63, 3.8) is 0 Å². The highest BCUT2D eigenvalue weighted by molar-refractivity contribution is 5.74. The number of nitrogens with one attached hydrogen (secondary N) is 2. The van der Waals surface area contributed by atoms with Crippen molar-refractivity contribution in [2.75, 3.05) is 6.61 Å². The van der Waals surface area contributed by atoms with Gasteiger partial charge in [-0.05, 0) is 25.2 Å². The number of rotatable bonds is 5. The van der Waals surface area contributed by atoms with Crippen LogP contribution in [0, 0.1) is 5.92 Å². The second kappa shape index (κ2) is 6.74. The number of aliphatic hydroxyl groups excluding tert-OH is 1. The quantitative estimate of drug-likeness (QED) is 0.670. The van der Waals surface area contributed by atoms with E-state index < -0.39 is 0 Å². The molecule has 4 heteroatoms. The first-order chi connectivity index (χ1) is 7.61. The van der Waals surface area contributed by atoms with Crippen molar-refractivity contribution >= 4 is 6.03 Å². The van der Waals surface area contributed by atoms with Gasteiger partial charge in [-0.15, -0.1) is 0 Å². The molecule has 1 aliphatic rings. The minimum Gasteiger partial charge on any atom is -0.394 e. The molecule has 0 aromatic rings. The zero-order valence-corrected chi connectivity index (χ0v) is 10.3. The molecule has 1 saturated carbocycles. The number of hydrogen-bond acceptors (Lipinski definition) is 2. The van der Waals surface area contributed by atoms with Crippen LogP contribution in [-0.4, -0.2) is 29.8 Å². The lowest BCUT2D eigenvalue weighted by Gasteiger charge is -2.20. The molecule has 1 fully saturated rings. The van der Waals surface area contributed by atoms with Crippen LogP contribution in [0.5, 0.6) is 0 Å². The molecule has 0 heterocycles. The van der Waals surface area contributed by atoms with Crippen LogP contribution in [0.25, 0.3) is 0 Å². The summed E-state index contributed by atoms with van der Waals surface area (Å²) in [4.78, 5) is 11.6. The summed E-state index contributed by atoms with van der Waals surface area (Å²) in [5.41, 5.74) is 0. The Morgan fingerprint density at radius 1 is 1.38 bits per heavy atom. The van der Waals surface area contributed by atoms with E-state index in [9.17, 15) is 4.79 Å². The number of aliphatic hydroxyl groups is 1. The fraction of sp³-hybridized carbons (Fsp3) is 0.917. The number of carbonyl (C=O) groups is 1. The van der Waals surface area contributed by atoms with E-state index in [1.54, 1.807) is 0 Å². The molecular weight excluding hydrogens is 204 g/mol. The van der Waals surface area contributed by atoms with Gasteiger partial charge in [0.15, 0.2) is 0 Å². The molecule has 1 unspecified atom stereocenters. The Hall–Kier alpha value is -0.770. The molecule has 0 aliphatic heterocycles. The van der Waals surface area contributed by atoms with Crippen LogP contribution in [0.15, 0.2) is 0 Å². The van der Waals surface area contributed by atoms with Crippen molar-refractivity contribution in [2.45, 2.75) is 58.0 Å². The predicted octanol–water partition coefficient (Wildman–Crippen LogP) is 1.64. The molecule has 16 heavy (non-hydrogen) atoms. The van der Waals surface area contributed by atoms with Crippen molar-refractivity contribution in [3.8, 4) is 0 Å². The maximum atomic E-state index is 11.6. The summed E-state index contributed by atoms with van der Waals surface area (Å²) >= 11 is 0. The Bertz CT molecular complexity index is 213. The molecule has 0 aromatic carbocycles. The largest absolute Gasteiger partial charge is 0.394 e. The SMILES string of the molecule is CC(C)CC(CO)NC(=O)NC1CCCC1. The van der Waals surface area contributed by atoms with E-state index in [4.69, 9.17) is 5.11 Å². The summed E-state index contributed by atoms with van der Waals surface area (Å²) in [6, 6.07) is 0.0754. The summed E-state index contributed by atoms with van der Waals surface area (Å²) in [6.07, 6.45) is 5.40. The molecule has 2 amide bonds. The highest BCUT2D eigenvalue weighted by Crippen LogP contribution is 2.17. The van der Waals surface area contributed by atoms with Crippen LogP contribution in [0.1, 0.15) is 46.0 Å². The smallest absolute Gasteiger partial charge is 0.315 e. The van der Waals surface area contributed by atoms with E-state index in [-0.39, 0.29) is 18.7 Å². The predicted molar refractivity (Wildman–Crippen MR) is 64.3 cm³/mol. The molecule has 0 saturated heterocycles. The van der Waals surface area contributed by atoms with Gasteiger partial charge in [0.2, 0.25) is 0 Å². The minimum absolute atomic E-state index is 0.0102. The zero-order valence-electron chi connectivity index (χ0n) is 10.3. The molecule has 1 atom stereocenters. The van der Waals surface area contributed by atoms with Crippen molar-refractivity contribution in [2.24, 2.45) is 5.92 Å². The van der Waals surface area contributed by atoms with E-state index in [1.165, 1.54) is 12.8 Å². The zero-order chi connectivity index (χ0) is 12.0. The van der Waals surface area contributed by atoms with Gasteiger partial charge in [-0.3, -0.25) is 0 Å². The van der Waals surface area contributed by atoms with E-state index in [0.717, 1.165) is 19.3 Å². The Morgan fingerprint density at radius 2 is 2.00 bits per heavy atom. The maximum absolute atomic E-state index is 11.6. The molecule has 0 radical (unpaired) electrons. The first-order valence-corrected chi connectivity index (χ1v) is 6.29. The van der Waals surface area contributed by atoms with E-state index in [2.05, 4.69) is 24.5 Å². The van der Waals surface area contributed by atoms with Crippen LogP contribution < -0.4 is 10.6 Å². The Labute approximate surface area is 97.8 Å². The van der Waals surface area contributed by atoms with Gasteiger partial charge < -0.3 is 15.7 Å². The van der Waals surface area contributed by atoms with Gasteiger partial charge in [0.25, 0.3) is 0 Å². The minimum atomic E-state index is -0.133. The van der Waals surface area contributed by atoms with Crippen LogP contribution >= 0.6 is 0 Å². The van der Waals surface area contributed by atoms with Crippen molar-refractivity contribution < 1.29 is 9.90 Å². The number of amides is 2. The normalized spacial score (nSPS) is 18.8. The molecule has 4 nitrogen and oxygen atoms in total. The van der Waals surface area contributed by atoms with Gasteiger partial charge >= 0.3 is 6.03 Å². The molecule has 0 aromatic heterocycles. The molecule has 1 rings (SSSR count). The van der Waals surface area contributed by atoms with Crippen LogP contribution in [0.3, 0.4) is 0 Å². The Morgan fingerprint density at radius 3 is 2.50 bits per heavy atom. The second-order valence-corrected chi connectivity index (χ2v) is 5.11. The fourth-order valence-electron chi connectivity index (χ4n) is 2.23. The third kappa shape index (κ3) is 4.84. The van der Waals surface area contributed by atoms with Gasteiger partial charge in [0.05, 0.1) is 12.6 Å². The maximum Gasteiger partial charge on any atom is 0.315 e. The second-order valence-electron chi connectivity index (χ2n) is 5.11. The van der Waals surface area contributed by atoms with Gasteiger partial charge in [-0.25, -0.2) is 4.79 Å². The molecule has 0 bridgehead atoms. The first kappa shape index (κ1) is 13.3. The fourth-order valence-corrected chi connectivity index (χ4v) is 2.23. The van der Waals surface area contributed by atoms with Crippen LogP contribution in [-0.2, 0) is 0 Å². The third-order valence-corrected chi connectivity index (χ3v) is 3.00. The van der Waals surface area contributed by atoms with Gasteiger partial charge in [-0.2, -0.15) is 0 Å². The summed E-state index contributed by atoms with van der Waals surface area (Å²) in [7, 11) is 0. The third-order valence-electron chi connectivity index (χ3n) is 3.00. The monoisotopic (exact) mass is 228 g/mol. The van der Waals surface area contributed by atoms with E-state index in [1.807, 2.05) is 0 Å². The average molecular weight is 228 g/mol. The van der Waals surface area contributed by atoms with Gasteiger partial charge in [-0.1, -0.05) is 26.7 Å². The molecule has 3 N–H and O–H groups in total. The van der Waals surface area contributed by atoms with Crippen LogP contribution in [0.2, 0.25) is 0 Å². The van der Waals surface area contributed by atoms with Crippen molar-refractivity contribution in [1.29, 1.82) is 0 Å². The lowest BCUT2D eigenvalue weighted by molar-refractivity contribution is 0.204. The molecular formula is C12H24N2O2. The standard InChI is InChI=1S/C12H24N2O2/c1-9(2)7-11(8-15)14-12(16)13-10-5-3-4-6-10/h9-11,15H,3-8H2,1-2H3,(H2,13,14,16). The highest BCUT2D eigenvalue weighted by Gasteiger charge is 2.19. The average Bonchev–Trinajstić information content (AvgIpc) is 2.68. The first-order valence-electron chi connectivity index (χ1n) is 6.29. The summed E-state index contributed by atoms with van der Waals surface area (Å²) in [6.45, 7) is 4.18. The van der Waals surface area contributed by atoms with Crippen molar-refractivity contribution in [3.05, 3.63) is 0 Å². The van der Waals surface area contributed by atoms with E-state index >= 15 is 0 Å². The topological polar surface area (TPSA) is 61.4 Å². The Balaban J connectivity index is 2.24. The van der Waals surface area contributed by atoms with Gasteiger partial charge in [0.1, 0.15) is 0 Å². The number of hydrogen-bond donors (Lipinski definition) is 3. The summed E-state index contributed by atoms with van der Waals surface area (Å²) in [5, 5.41) is 14.9. The summed E-state index contributed by atoms with van der Waals surface area (Å²) < 4.78 is 0. The van der Waals surface area contributed by atoms with Crippen molar-refractivity contribution in [1.82, 2.24) is 10.6 Å². The number of carbonyl (C=O) groups excluding carboxylic acids is 1. The Kier molecular flexibility index (Phi) is 5.60. The lowest BCUT2D eigenvalue weighted by atomic mass is 10.0. The summed E-state index contributed by atoms with van der Waals surface area (Å²) in [5.74, 6) is 0.476. The van der Waals surface area contributed by atoms with Crippen LogP contribution in [0.4, 0.5) is 4.79 Å². The van der Waals surface area contributed by atoms with E-state index in [0.29, 0.717) is 12.0 Å². The number of urea groups is 1.